The van der Waals surface area contributed by atoms with Gasteiger partial charge < -0.3 is 5.73 Å². The van der Waals surface area contributed by atoms with Crippen molar-refractivity contribution in [3.8, 4) is 0 Å². The highest BCUT2D eigenvalue weighted by Gasteiger charge is 2.13. The van der Waals surface area contributed by atoms with Crippen LogP contribution < -0.4 is 5.73 Å². The third-order valence-electron chi connectivity index (χ3n) is 3.63. The highest BCUT2D eigenvalue weighted by Crippen LogP contribution is 2.17. The molecule has 1 aromatic heterocycles. The van der Waals surface area contributed by atoms with Gasteiger partial charge in [-0.3, -0.25) is 4.68 Å². The van der Waals surface area contributed by atoms with Crippen molar-refractivity contribution >= 4 is 11.6 Å². The summed E-state index contributed by atoms with van der Waals surface area (Å²) in [5.41, 5.74) is 9.56. The van der Waals surface area contributed by atoms with Crippen LogP contribution in [0.2, 0.25) is 5.02 Å². The summed E-state index contributed by atoms with van der Waals surface area (Å²) in [5.74, 6) is 0.411. The standard InChI is InChI=1S/C16H22ClN3/c1-3-15-10-16(20(2)19-15)9-13(11-18)7-12-5-4-6-14(17)8-12/h4-6,8,10,13H,3,7,9,11,18H2,1-2H3. The average Bonchev–Trinajstić information content (AvgIpc) is 2.78. The maximum Gasteiger partial charge on any atom is 0.0624 e. The van der Waals surface area contributed by atoms with Crippen molar-refractivity contribution in [3.05, 3.63) is 52.3 Å². The van der Waals surface area contributed by atoms with Gasteiger partial charge in [-0.1, -0.05) is 30.7 Å². The smallest absolute Gasteiger partial charge is 0.0624 e. The van der Waals surface area contributed by atoms with Gasteiger partial charge >= 0.3 is 0 Å². The van der Waals surface area contributed by atoms with Gasteiger partial charge in [-0.2, -0.15) is 5.10 Å². The molecule has 2 aromatic rings. The van der Waals surface area contributed by atoms with Gasteiger partial charge in [0.2, 0.25) is 0 Å². The zero-order chi connectivity index (χ0) is 14.5. The molecule has 2 rings (SSSR count). The molecule has 1 atom stereocenters. The lowest BCUT2D eigenvalue weighted by Crippen LogP contribution is -2.20. The van der Waals surface area contributed by atoms with Crippen LogP contribution in [0.4, 0.5) is 0 Å². The molecule has 0 saturated heterocycles. The summed E-state index contributed by atoms with van der Waals surface area (Å²) in [7, 11) is 2.00. The summed E-state index contributed by atoms with van der Waals surface area (Å²) in [6.07, 6.45) is 2.87. The van der Waals surface area contributed by atoms with Crippen LogP contribution in [0.3, 0.4) is 0 Å². The van der Waals surface area contributed by atoms with Crippen molar-refractivity contribution in [2.24, 2.45) is 18.7 Å². The Hall–Kier alpha value is -1.32. The molecule has 0 radical (unpaired) electrons. The zero-order valence-electron chi connectivity index (χ0n) is 12.1. The van der Waals surface area contributed by atoms with Crippen LogP contribution in [0.25, 0.3) is 0 Å². The molecule has 1 heterocycles. The van der Waals surface area contributed by atoms with Gasteiger partial charge in [0.15, 0.2) is 0 Å². The molecule has 2 N–H and O–H groups in total. The van der Waals surface area contributed by atoms with Gasteiger partial charge in [0.05, 0.1) is 5.69 Å². The normalized spacial score (nSPS) is 12.6. The summed E-state index contributed by atoms with van der Waals surface area (Å²) < 4.78 is 1.97. The molecule has 20 heavy (non-hydrogen) atoms. The van der Waals surface area contributed by atoms with Crippen LogP contribution >= 0.6 is 11.6 Å². The predicted octanol–water partition coefficient (Wildman–Crippen LogP) is 3.00. The molecule has 3 nitrogen and oxygen atoms in total. The van der Waals surface area contributed by atoms with E-state index in [2.05, 4.69) is 24.2 Å². The molecule has 0 fully saturated rings. The molecular weight excluding hydrogens is 270 g/mol. The summed E-state index contributed by atoms with van der Waals surface area (Å²) in [5, 5.41) is 5.28. The number of aromatic nitrogens is 2. The first kappa shape index (κ1) is 15.1. The highest BCUT2D eigenvalue weighted by molar-refractivity contribution is 6.30. The lowest BCUT2D eigenvalue weighted by Gasteiger charge is -2.15. The van der Waals surface area contributed by atoms with E-state index >= 15 is 0 Å². The number of hydrogen-bond donors (Lipinski definition) is 1. The van der Waals surface area contributed by atoms with E-state index in [9.17, 15) is 0 Å². The van der Waals surface area contributed by atoms with Crippen molar-refractivity contribution in [1.29, 1.82) is 0 Å². The summed E-state index contributed by atoms with van der Waals surface area (Å²) in [6, 6.07) is 10.2. The summed E-state index contributed by atoms with van der Waals surface area (Å²) in [4.78, 5) is 0. The topological polar surface area (TPSA) is 43.8 Å². The van der Waals surface area contributed by atoms with E-state index in [1.807, 2.05) is 29.9 Å². The maximum absolute atomic E-state index is 6.03. The molecule has 4 heteroatoms. The van der Waals surface area contributed by atoms with Gasteiger partial charge in [0, 0.05) is 17.8 Å². The second-order valence-corrected chi connectivity index (χ2v) is 5.68. The van der Waals surface area contributed by atoms with Crippen LogP contribution in [0.15, 0.2) is 30.3 Å². The summed E-state index contributed by atoms with van der Waals surface area (Å²) in [6.45, 7) is 2.79. The van der Waals surface area contributed by atoms with Crippen LogP contribution in [0.1, 0.15) is 23.9 Å². The van der Waals surface area contributed by atoms with E-state index < -0.39 is 0 Å². The minimum atomic E-state index is 0.411. The molecule has 0 spiro atoms. The second-order valence-electron chi connectivity index (χ2n) is 5.24. The van der Waals surface area contributed by atoms with Gasteiger partial charge in [-0.05, 0) is 55.5 Å². The quantitative estimate of drug-likeness (QED) is 0.889. The number of halogens is 1. The Kier molecular flexibility index (Phi) is 5.21. The second kappa shape index (κ2) is 6.91. The third kappa shape index (κ3) is 3.84. The molecule has 0 amide bonds. The minimum Gasteiger partial charge on any atom is -0.330 e. The Morgan fingerprint density at radius 3 is 2.70 bits per heavy atom. The van der Waals surface area contributed by atoms with E-state index in [1.54, 1.807) is 0 Å². The monoisotopic (exact) mass is 291 g/mol. The Morgan fingerprint density at radius 2 is 2.10 bits per heavy atom. The van der Waals surface area contributed by atoms with E-state index in [1.165, 1.54) is 11.3 Å². The van der Waals surface area contributed by atoms with Crippen LogP contribution in [-0.4, -0.2) is 16.3 Å². The van der Waals surface area contributed by atoms with E-state index in [0.717, 1.165) is 30.0 Å². The zero-order valence-corrected chi connectivity index (χ0v) is 12.9. The molecular formula is C16H22ClN3. The first-order chi connectivity index (χ1) is 9.62. The van der Waals surface area contributed by atoms with Gasteiger partial charge in [0.25, 0.3) is 0 Å². The number of nitrogens with zero attached hydrogens (tertiary/aromatic N) is 2. The van der Waals surface area contributed by atoms with Gasteiger partial charge in [-0.15, -0.1) is 0 Å². The maximum atomic E-state index is 6.03. The van der Waals surface area contributed by atoms with E-state index in [0.29, 0.717) is 12.5 Å². The number of aryl methyl sites for hydroxylation is 2. The molecule has 0 saturated carbocycles. The molecule has 108 valence electrons. The van der Waals surface area contributed by atoms with Crippen molar-refractivity contribution < 1.29 is 0 Å². The summed E-state index contributed by atoms with van der Waals surface area (Å²) >= 11 is 6.03. The number of hydrogen-bond acceptors (Lipinski definition) is 2. The largest absolute Gasteiger partial charge is 0.330 e. The SMILES string of the molecule is CCc1cc(CC(CN)Cc2cccc(Cl)c2)n(C)n1. The third-order valence-corrected chi connectivity index (χ3v) is 3.87. The van der Waals surface area contributed by atoms with Gasteiger partial charge in [-0.25, -0.2) is 0 Å². The lowest BCUT2D eigenvalue weighted by atomic mass is 9.94. The average molecular weight is 292 g/mol. The number of rotatable bonds is 6. The molecule has 0 aliphatic heterocycles. The Bertz CT molecular complexity index is 563. The lowest BCUT2D eigenvalue weighted by molar-refractivity contribution is 0.510. The van der Waals surface area contributed by atoms with Crippen molar-refractivity contribution in [1.82, 2.24) is 9.78 Å². The minimum absolute atomic E-state index is 0.411. The molecule has 1 unspecified atom stereocenters. The predicted molar refractivity (Wildman–Crippen MR) is 84.0 cm³/mol. The van der Waals surface area contributed by atoms with Crippen LogP contribution in [0, 0.1) is 5.92 Å². The van der Waals surface area contributed by atoms with Crippen LogP contribution in [-0.2, 0) is 26.3 Å². The van der Waals surface area contributed by atoms with E-state index in [-0.39, 0.29) is 0 Å². The first-order valence-electron chi connectivity index (χ1n) is 7.08. The fraction of sp³-hybridized carbons (Fsp3) is 0.438. The molecule has 0 aliphatic carbocycles. The highest BCUT2D eigenvalue weighted by atomic mass is 35.5. The van der Waals surface area contributed by atoms with Crippen molar-refractivity contribution in [2.45, 2.75) is 26.2 Å². The Labute approximate surface area is 125 Å². The number of nitrogens with two attached hydrogens (primary N) is 1. The molecule has 0 aliphatic rings. The van der Waals surface area contributed by atoms with Crippen molar-refractivity contribution in [3.63, 3.8) is 0 Å². The number of benzene rings is 1. The van der Waals surface area contributed by atoms with Crippen molar-refractivity contribution in [2.75, 3.05) is 6.54 Å². The fourth-order valence-corrected chi connectivity index (χ4v) is 2.68. The van der Waals surface area contributed by atoms with E-state index in [4.69, 9.17) is 17.3 Å². The Morgan fingerprint density at radius 1 is 1.30 bits per heavy atom. The molecule has 1 aromatic carbocycles. The first-order valence-corrected chi connectivity index (χ1v) is 7.46. The van der Waals surface area contributed by atoms with Gasteiger partial charge in [0.1, 0.15) is 0 Å². The van der Waals surface area contributed by atoms with Crippen LogP contribution in [0.5, 0.6) is 0 Å². The Balaban J connectivity index is 2.06. The fourth-order valence-electron chi connectivity index (χ4n) is 2.47. The molecule has 0 bridgehead atoms.